The van der Waals surface area contributed by atoms with Crippen molar-refractivity contribution in [2.75, 3.05) is 13.1 Å². The van der Waals surface area contributed by atoms with Crippen LogP contribution in [0.1, 0.15) is 6.92 Å². The number of hydrogen-bond donors (Lipinski definition) is 2. The Hall–Kier alpha value is -0.540. The van der Waals surface area contributed by atoms with Crippen LogP contribution < -0.4 is 11.5 Å². The van der Waals surface area contributed by atoms with Crippen molar-refractivity contribution < 1.29 is 0 Å². The van der Waals surface area contributed by atoms with Gasteiger partial charge < -0.3 is 11.5 Å². The number of amidine groups is 1. The maximum atomic E-state index is 5.40. The predicted molar refractivity (Wildman–Crippen MR) is 47.6 cm³/mol. The minimum absolute atomic E-state index is 0. The van der Waals surface area contributed by atoms with E-state index >= 15 is 0 Å². The van der Waals surface area contributed by atoms with Gasteiger partial charge in [-0.3, -0.25) is 4.99 Å². The first-order valence-electron chi connectivity index (χ1n) is 2.84. The van der Waals surface area contributed by atoms with E-state index in [0.29, 0.717) is 18.9 Å². The summed E-state index contributed by atoms with van der Waals surface area (Å²) in [6.07, 6.45) is 0. The summed E-state index contributed by atoms with van der Waals surface area (Å²) in [7, 11) is 0. The summed E-state index contributed by atoms with van der Waals surface area (Å²) in [6, 6.07) is 0. The molecule has 0 aliphatic rings. The Balaban J connectivity index is 0. The van der Waals surface area contributed by atoms with E-state index in [0.717, 1.165) is 5.57 Å². The number of hydrogen-bond acceptors (Lipinski definition) is 2. The van der Waals surface area contributed by atoms with Crippen molar-refractivity contribution in [3.8, 4) is 0 Å². The summed E-state index contributed by atoms with van der Waals surface area (Å²) in [5.74, 6) is 0.500. The fraction of sp³-hybridized carbons (Fsp3) is 0.500. The second-order valence-corrected chi connectivity index (χ2v) is 1.84. The average molecular weight is 164 g/mol. The van der Waals surface area contributed by atoms with Crippen molar-refractivity contribution in [1.82, 2.24) is 0 Å². The lowest BCUT2D eigenvalue weighted by molar-refractivity contribution is 0.972. The maximum Gasteiger partial charge on any atom is 0.120 e. The molecule has 0 unspecified atom stereocenters. The van der Waals surface area contributed by atoms with Crippen molar-refractivity contribution >= 4 is 18.2 Å². The Bertz CT molecular complexity index is 131. The quantitative estimate of drug-likeness (QED) is 0.465. The van der Waals surface area contributed by atoms with Crippen molar-refractivity contribution in [2.24, 2.45) is 16.5 Å². The highest BCUT2D eigenvalue weighted by Gasteiger charge is 1.88. The van der Waals surface area contributed by atoms with Gasteiger partial charge in [-0.1, -0.05) is 6.58 Å². The lowest BCUT2D eigenvalue weighted by atomic mass is 10.3. The molecule has 0 aliphatic heterocycles. The van der Waals surface area contributed by atoms with Crippen molar-refractivity contribution in [3.63, 3.8) is 0 Å². The second-order valence-electron chi connectivity index (χ2n) is 1.84. The Morgan fingerprint density at radius 2 is 2.10 bits per heavy atom. The molecule has 0 spiro atoms. The molecule has 60 valence electrons. The molecule has 0 aromatic heterocycles. The Labute approximate surface area is 67.6 Å². The molecule has 0 aromatic carbocycles. The van der Waals surface area contributed by atoms with Crippen LogP contribution in [0.2, 0.25) is 0 Å². The standard InChI is InChI=1S/C6H13N3.ClH/c1-5(2)6(8)9-4-3-7;/h1,3-4,7H2,2H3,(H2,8,9);1H. The summed E-state index contributed by atoms with van der Waals surface area (Å²) in [4.78, 5) is 3.91. The van der Waals surface area contributed by atoms with Gasteiger partial charge in [-0.25, -0.2) is 0 Å². The molecule has 0 saturated carbocycles. The van der Waals surface area contributed by atoms with Gasteiger partial charge in [0.05, 0.1) is 6.54 Å². The van der Waals surface area contributed by atoms with Gasteiger partial charge in [-0.2, -0.15) is 0 Å². The lowest BCUT2D eigenvalue weighted by Crippen LogP contribution is -2.15. The molecule has 4 N–H and O–H groups in total. The Morgan fingerprint density at radius 3 is 2.40 bits per heavy atom. The topological polar surface area (TPSA) is 64.4 Å². The van der Waals surface area contributed by atoms with Crippen molar-refractivity contribution in [2.45, 2.75) is 6.92 Å². The van der Waals surface area contributed by atoms with E-state index < -0.39 is 0 Å². The van der Waals surface area contributed by atoms with E-state index in [-0.39, 0.29) is 12.4 Å². The van der Waals surface area contributed by atoms with Gasteiger partial charge >= 0.3 is 0 Å². The highest BCUT2D eigenvalue weighted by Crippen LogP contribution is 1.84. The first kappa shape index (κ1) is 12.2. The number of aliphatic imine (C=N–C) groups is 1. The van der Waals surface area contributed by atoms with Crippen LogP contribution in [-0.2, 0) is 0 Å². The first-order valence-corrected chi connectivity index (χ1v) is 2.84. The van der Waals surface area contributed by atoms with Crippen molar-refractivity contribution in [3.05, 3.63) is 12.2 Å². The van der Waals surface area contributed by atoms with Gasteiger partial charge in [0.15, 0.2) is 0 Å². The third-order valence-corrected chi connectivity index (χ3v) is 0.849. The van der Waals surface area contributed by atoms with E-state index in [2.05, 4.69) is 11.6 Å². The third-order valence-electron chi connectivity index (χ3n) is 0.849. The molecular formula is C6H14ClN3. The molecule has 0 bridgehead atoms. The molecule has 0 heterocycles. The maximum absolute atomic E-state index is 5.40. The van der Waals surface area contributed by atoms with Crippen LogP contribution in [0.15, 0.2) is 17.1 Å². The van der Waals surface area contributed by atoms with Gasteiger partial charge in [-0.05, 0) is 12.5 Å². The van der Waals surface area contributed by atoms with Crippen LogP contribution in [0.3, 0.4) is 0 Å². The van der Waals surface area contributed by atoms with Crippen LogP contribution >= 0.6 is 12.4 Å². The molecule has 0 atom stereocenters. The van der Waals surface area contributed by atoms with E-state index in [1.54, 1.807) is 0 Å². The van der Waals surface area contributed by atoms with E-state index in [1.165, 1.54) is 0 Å². The smallest absolute Gasteiger partial charge is 0.120 e. The van der Waals surface area contributed by atoms with Gasteiger partial charge in [0.1, 0.15) is 5.84 Å². The average Bonchev–Trinajstić information content (AvgIpc) is 1.82. The van der Waals surface area contributed by atoms with Crippen LogP contribution in [0, 0.1) is 0 Å². The van der Waals surface area contributed by atoms with Crippen LogP contribution in [0.4, 0.5) is 0 Å². The molecule has 0 rings (SSSR count). The van der Waals surface area contributed by atoms with E-state index in [1.807, 2.05) is 6.92 Å². The Morgan fingerprint density at radius 1 is 1.60 bits per heavy atom. The summed E-state index contributed by atoms with van der Waals surface area (Å²) in [6.45, 7) is 6.54. The molecular weight excluding hydrogens is 150 g/mol. The van der Waals surface area contributed by atoms with Gasteiger partial charge in [0.25, 0.3) is 0 Å². The third kappa shape index (κ3) is 5.59. The summed E-state index contributed by atoms with van der Waals surface area (Å²) in [5.41, 5.74) is 11.4. The highest BCUT2D eigenvalue weighted by molar-refractivity contribution is 5.95. The second kappa shape index (κ2) is 6.58. The Kier molecular flexibility index (Phi) is 8.00. The number of rotatable bonds is 3. The fourth-order valence-corrected chi connectivity index (χ4v) is 0.320. The monoisotopic (exact) mass is 163 g/mol. The summed E-state index contributed by atoms with van der Waals surface area (Å²) < 4.78 is 0. The SMILES string of the molecule is C=C(C)C(N)=NCCN.Cl. The molecule has 0 aliphatic carbocycles. The predicted octanol–water partition coefficient (Wildman–Crippen LogP) is 0.300. The van der Waals surface area contributed by atoms with E-state index in [4.69, 9.17) is 11.5 Å². The minimum atomic E-state index is 0. The molecule has 0 amide bonds. The normalized spacial score (nSPS) is 10.4. The zero-order valence-electron chi connectivity index (χ0n) is 6.13. The zero-order valence-corrected chi connectivity index (χ0v) is 6.95. The van der Waals surface area contributed by atoms with E-state index in [9.17, 15) is 0 Å². The number of halogens is 1. The van der Waals surface area contributed by atoms with Crippen LogP contribution in [0.25, 0.3) is 0 Å². The van der Waals surface area contributed by atoms with Crippen LogP contribution in [-0.4, -0.2) is 18.9 Å². The molecule has 3 nitrogen and oxygen atoms in total. The number of nitrogens with two attached hydrogens (primary N) is 2. The summed E-state index contributed by atoms with van der Waals surface area (Å²) in [5, 5.41) is 0. The molecule has 10 heavy (non-hydrogen) atoms. The largest absolute Gasteiger partial charge is 0.384 e. The lowest BCUT2D eigenvalue weighted by Gasteiger charge is -1.95. The molecule has 0 saturated heterocycles. The highest BCUT2D eigenvalue weighted by atomic mass is 35.5. The molecule has 0 aromatic rings. The van der Waals surface area contributed by atoms with Gasteiger partial charge in [0, 0.05) is 6.54 Å². The van der Waals surface area contributed by atoms with Gasteiger partial charge in [0.2, 0.25) is 0 Å². The molecule has 0 radical (unpaired) electrons. The molecule has 4 heteroatoms. The molecule has 0 fully saturated rings. The minimum Gasteiger partial charge on any atom is -0.384 e. The van der Waals surface area contributed by atoms with Crippen molar-refractivity contribution in [1.29, 1.82) is 0 Å². The van der Waals surface area contributed by atoms with Crippen LogP contribution in [0.5, 0.6) is 0 Å². The zero-order chi connectivity index (χ0) is 7.28. The van der Waals surface area contributed by atoms with Gasteiger partial charge in [-0.15, -0.1) is 12.4 Å². The first-order chi connectivity index (χ1) is 4.18. The fourth-order valence-electron chi connectivity index (χ4n) is 0.320. The summed E-state index contributed by atoms with van der Waals surface area (Å²) >= 11 is 0. The number of nitrogens with zero attached hydrogens (tertiary/aromatic N) is 1.